The Morgan fingerprint density at radius 1 is 1.11 bits per heavy atom. The average Bonchev–Trinajstić information content (AvgIpc) is 2.66. The number of carbonyl (C=O) groups excluding carboxylic acids is 1. The van der Waals surface area contributed by atoms with Gasteiger partial charge >= 0.3 is 5.97 Å². The van der Waals surface area contributed by atoms with Gasteiger partial charge in [0.25, 0.3) is 5.56 Å². The summed E-state index contributed by atoms with van der Waals surface area (Å²) in [6.07, 6.45) is 0.379. The highest BCUT2D eigenvalue weighted by molar-refractivity contribution is 5.85. The number of esters is 1. The van der Waals surface area contributed by atoms with Crippen molar-refractivity contribution in [3.8, 4) is 11.4 Å². The Kier molecular flexibility index (Phi) is 5.54. The molecule has 0 aliphatic heterocycles. The topological polar surface area (TPSA) is 70.4 Å². The summed E-state index contributed by atoms with van der Waals surface area (Å²) in [6.45, 7) is 5.22. The van der Waals surface area contributed by atoms with Crippen molar-refractivity contribution in [2.45, 2.75) is 33.3 Å². The highest BCUT2D eigenvalue weighted by Crippen LogP contribution is 2.23. The summed E-state index contributed by atoms with van der Waals surface area (Å²) in [5, 5.41) is 0.343. The number of carbonyl (C=O) groups is 1. The lowest BCUT2D eigenvalue weighted by molar-refractivity contribution is -0.149. The van der Waals surface area contributed by atoms with Crippen molar-refractivity contribution in [1.29, 1.82) is 0 Å². The maximum atomic E-state index is 13.3. The fraction of sp³-hybridized carbons (Fsp3) is 0.286. The van der Waals surface area contributed by atoms with Gasteiger partial charge in [-0.25, -0.2) is 9.78 Å². The van der Waals surface area contributed by atoms with Gasteiger partial charge in [-0.05, 0) is 38.1 Å². The van der Waals surface area contributed by atoms with E-state index in [0.717, 1.165) is 5.69 Å². The quantitative estimate of drug-likeness (QED) is 0.626. The molecule has 0 unspecified atom stereocenters. The molecule has 6 heteroatoms. The molecule has 27 heavy (non-hydrogen) atoms. The highest BCUT2D eigenvalue weighted by Gasteiger charge is 2.16. The zero-order chi connectivity index (χ0) is 19.4. The normalized spacial score (nSPS) is 11.0. The van der Waals surface area contributed by atoms with Crippen molar-refractivity contribution in [2.75, 3.05) is 6.61 Å². The SMILES string of the molecule is CCc1nc2cccc(OCC(=O)OC(C)C)c2c(=O)n1-c1ccccc1. The standard InChI is InChI=1S/C21H22N2O4/c1-4-18-22-16-11-8-12-17(26-13-19(24)27-14(2)3)20(16)21(25)23(18)15-9-6-5-7-10-15/h5-12,14H,4,13H2,1-3H3. The molecule has 0 spiro atoms. The smallest absolute Gasteiger partial charge is 0.344 e. The molecule has 0 radical (unpaired) electrons. The fourth-order valence-corrected chi connectivity index (χ4v) is 2.88. The van der Waals surface area contributed by atoms with Crippen LogP contribution in [0, 0.1) is 0 Å². The van der Waals surface area contributed by atoms with Crippen LogP contribution in [0.2, 0.25) is 0 Å². The molecule has 6 nitrogen and oxygen atoms in total. The van der Waals surface area contributed by atoms with Crippen LogP contribution < -0.4 is 10.3 Å². The van der Waals surface area contributed by atoms with Crippen molar-refractivity contribution < 1.29 is 14.3 Å². The molecule has 140 valence electrons. The summed E-state index contributed by atoms with van der Waals surface area (Å²) >= 11 is 0. The van der Waals surface area contributed by atoms with Crippen molar-refractivity contribution in [3.05, 3.63) is 64.7 Å². The summed E-state index contributed by atoms with van der Waals surface area (Å²) < 4.78 is 12.3. The second kappa shape index (κ2) is 8.03. The molecule has 0 bridgehead atoms. The molecule has 0 saturated heterocycles. The minimum atomic E-state index is -0.483. The van der Waals surface area contributed by atoms with Gasteiger partial charge in [-0.15, -0.1) is 0 Å². The Morgan fingerprint density at radius 2 is 1.85 bits per heavy atom. The molecular formula is C21H22N2O4. The molecule has 1 aromatic heterocycles. The van der Waals surface area contributed by atoms with Crippen LogP contribution in [-0.2, 0) is 16.0 Å². The molecule has 0 atom stereocenters. The largest absolute Gasteiger partial charge is 0.481 e. The first kappa shape index (κ1) is 18.6. The summed E-state index contributed by atoms with van der Waals surface area (Å²) in [5.41, 5.74) is 1.05. The van der Waals surface area contributed by atoms with Crippen molar-refractivity contribution in [1.82, 2.24) is 9.55 Å². The molecule has 0 aliphatic carbocycles. The van der Waals surface area contributed by atoms with Crippen LogP contribution in [0.3, 0.4) is 0 Å². The molecule has 3 aromatic rings. The number of aromatic nitrogens is 2. The monoisotopic (exact) mass is 366 g/mol. The minimum Gasteiger partial charge on any atom is -0.481 e. The van der Waals surface area contributed by atoms with Crippen LogP contribution in [0.5, 0.6) is 5.75 Å². The molecule has 0 aliphatic rings. The first-order chi connectivity index (χ1) is 13.0. The molecule has 0 amide bonds. The summed E-state index contributed by atoms with van der Waals surface area (Å²) in [5.74, 6) is 0.497. The molecule has 0 fully saturated rings. The van der Waals surface area contributed by atoms with Crippen LogP contribution in [0.4, 0.5) is 0 Å². The lowest BCUT2D eigenvalue weighted by Gasteiger charge is -2.15. The number of nitrogens with zero attached hydrogens (tertiary/aromatic N) is 2. The number of fused-ring (bicyclic) bond motifs is 1. The second-order valence-electron chi connectivity index (χ2n) is 6.34. The number of ether oxygens (including phenoxy) is 2. The average molecular weight is 366 g/mol. The Balaban J connectivity index is 2.09. The van der Waals surface area contributed by atoms with E-state index in [9.17, 15) is 9.59 Å². The first-order valence-electron chi connectivity index (χ1n) is 8.93. The Morgan fingerprint density at radius 3 is 2.52 bits per heavy atom. The third-order valence-electron chi connectivity index (χ3n) is 3.97. The van der Waals surface area contributed by atoms with Gasteiger partial charge in [0.1, 0.15) is 17.0 Å². The highest BCUT2D eigenvalue weighted by atomic mass is 16.6. The van der Waals surface area contributed by atoms with Crippen molar-refractivity contribution >= 4 is 16.9 Å². The van der Waals surface area contributed by atoms with Gasteiger partial charge in [0.15, 0.2) is 6.61 Å². The molecule has 2 aromatic carbocycles. The Bertz CT molecular complexity index is 1010. The Labute approximate surface area is 157 Å². The van der Waals surface area contributed by atoms with Gasteiger partial charge in [-0.3, -0.25) is 9.36 Å². The van der Waals surface area contributed by atoms with E-state index < -0.39 is 5.97 Å². The lowest BCUT2D eigenvalue weighted by Crippen LogP contribution is -2.25. The number of rotatable bonds is 6. The number of aryl methyl sites for hydroxylation is 1. The van der Waals surface area contributed by atoms with Crippen LogP contribution in [-0.4, -0.2) is 28.2 Å². The van der Waals surface area contributed by atoms with Crippen LogP contribution >= 0.6 is 0 Å². The van der Waals surface area contributed by atoms with E-state index >= 15 is 0 Å². The van der Waals surface area contributed by atoms with Crippen LogP contribution in [0.1, 0.15) is 26.6 Å². The van der Waals surface area contributed by atoms with E-state index in [2.05, 4.69) is 4.98 Å². The maximum Gasteiger partial charge on any atom is 0.344 e. The van der Waals surface area contributed by atoms with Gasteiger partial charge in [0, 0.05) is 6.42 Å². The van der Waals surface area contributed by atoms with Crippen LogP contribution in [0.25, 0.3) is 16.6 Å². The molecule has 1 heterocycles. The maximum absolute atomic E-state index is 13.3. The molecular weight excluding hydrogens is 344 g/mol. The third-order valence-corrected chi connectivity index (χ3v) is 3.97. The van der Waals surface area contributed by atoms with Gasteiger partial charge in [0.2, 0.25) is 0 Å². The zero-order valence-corrected chi connectivity index (χ0v) is 15.6. The van der Waals surface area contributed by atoms with Gasteiger partial charge < -0.3 is 9.47 Å². The van der Waals surface area contributed by atoms with E-state index in [1.54, 1.807) is 36.6 Å². The zero-order valence-electron chi connectivity index (χ0n) is 15.6. The number of para-hydroxylation sites is 1. The number of hydrogen-bond donors (Lipinski definition) is 0. The van der Waals surface area contributed by atoms with E-state index in [-0.39, 0.29) is 18.3 Å². The predicted molar refractivity (Wildman–Crippen MR) is 103 cm³/mol. The fourth-order valence-electron chi connectivity index (χ4n) is 2.88. The van der Waals surface area contributed by atoms with Crippen molar-refractivity contribution in [2.24, 2.45) is 0 Å². The number of benzene rings is 2. The van der Waals surface area contributed by atoms with E-state index in [1.807, 2.05) is 37.3 Å². The van der Waals surface area contributed by atoms with Crippen LogP contribution in [0.15, 0.2) is 53.3 Å². The molecule has 0 saturated carbocycles. The number of hydrogen-bond acceptors (Lipinski definition) is 5. The predicted octanol–water partition coefficient (Wildman–Crippen LogP) is 3.28. The molecule has 3 rings (SSSR count). The minimum absolute atomic E-state index is 0.224. The summed E-state index contributed by atoms with van der Waals surface area (Å²) in [7, 11) is 0. The first-order valence-corrected chi connectivity index (χ1v) is 8.93. The Hall–Kier alpha value is -3.15. The van der Waals surface area contributed by atoms with E-state index in [0.29, 0.717) is 28.9 Å². The molecule has 0 N–H and O–H groups in total. The van der Waals surface area contributed by atoms with Gasteiger partial charge in [0.05, 0.1) is 17.3 Å². The van der Waals surface area contributed by atoms with E-state index in [1.165, 1.54) is 0 Å². The van der Waals surface area contributed by atoms with Gasteiger partial charge in [-0.2, -0.15) is 0 Å². The summed E-state index contributed by atoms with van der Waals surface area (Å²) in [6, 6.07) is 14.5. The van der Waals surface area contributed by atoms with E-state index in [4.69, 9.17) is 9.47 Å². The third kappa shape index (κ3) is 4.00. The van der Waals surface area contributed by atoms with Crippen molar-refractivity contribution in [3.63, 3.8) is 0 Å². The summed E-state index contributed by atoms with van der Waals surface area (Å²) in [4.78, 5) is 29.7. The van der Waals surface area contributed by atoms with Gasteiger partial charge in [-0.1, -0.05) is 31.2 Å². The lowest BCUT2D eigenvalue weighted by atomic mass is 10.2. The second-order valence-corrected chi connectivity index (χ2v) is 6.34.